The van der Waals surface area contributed by atoms with Gasteiger partial charge in [-0.2, -0.15) is 18.2 Å². The number of alkyl halides is 3. The van der Waals surface area contributed by atoms with E-state index in [0.29, 0.717) is 71.7 Å². The molecule has 4 heterocycles. The van der Waals surface area contributed by atoms with Crippen molar-refractivity contribution in [2.75, 3.05) is 25.1 Å². The second kappa shape index (κ2) is 12.2. The summed E-state index contributed by atoms with van der Waals surface area (Å²) in [6.45, 7) is 4.75. The zero-order valence-corrected chi connectivity index (χ0v) is 24.8. The summed E-state index contributed by atoms with van der Waals surface area (Å²) in [5, 5.41) is 13.6. The van der Waals surface area contributed by atoms with E-state index >= 15 is 4.39 Å². The van der Waals surface area contributed by atoms with Crippen LogP contribution in [0.3, 0.4) is 0 Å². The predicted molar refractivity (Wildman–Crippen MR) is 156 cm³/mol. The number of aliphatic hydroxyl groups is 1. The molecular weight excluding hydrogens is 604 g/mol. The van der Waals surface area contributed by atoms with E-state index in [1.165, 1.54) is 12.1 Å². The summed E-state index contributed by atoms with van der Waals surface area (Å²) in [4.78, 5) is 12.8. The molecule has 6 rings (SSSR count). The number of aryl methyl sites for hydroxylation is 2. The van der Waals surface area contributed by atoms with E-state index in [1.54, 1.807) is 12.1 Å². The van der Waals surface area contributed by atoms with E-state index in [9.17, 15) is 18.3 Å². The maximum absolute atomic E-state index is 15.5. The maximum Gasteiger partial charge on any atom is 0.433 e. The van der Waals surface area contributed by atoms with Crippen LogP contribution in [-0.4, -0.2) is 59.1 Å². The van der Waals surface area contributed by atoms with Crippen molar-refractivity contribution in [2.24, 2.45) is 10.9 Å². The van der Waals surface area contributed by atoms with E-state index in [-0.39, 0.29) is 24.7 Å². The number of nitrogens with one attached hydrogen (secondary N) is 1. The number of halogens is 5. The lowest BCUT2D eigenvalue weighted by atomic mass is 9.99. The lowest BCUT2D eigenvalue weighted by Gasteiger charge is -2.19. The highest BCUT2D eigenvalue weighted by atomic mass is 35.5. The number of ether oxygens (including phenoxy) is 3. The van der Waals surface area contributed by atoms with Gasteiger partial charge < -0.3 is 24.6 Å². The van der Waals surface area contributed by atoms with Gasteiger partial charge in [0.1, 0.15) is 29.5 Å². The summed E-state index contributed by atoms with van der Waals surface area (Å²) in [6, 6.07) is 6.58. The molecule has 5 atom stereocenters. The van der Waals surface area contributed by atoms with Gasteiger partial charge in [0, 0.05) is 29.7 Å². The van der Waals surface area contributed by atoms with Crippen LogP contribution in [0.5, 0.6) is 0 Å². The summed E-state index contributed by atoms with van der Waals surface area (Å²) in [5.41, 5.74) is 1.79. The van der Waals surface area contributed by atoms with Crippen molar-refractivity contribution >= 4 is 29.1 Å². The molecule has 0 radical (unpaired) electrons. The standard InChI is InChI=1S/C31H31ClF4N4O4/c1-3-25(42-12-19-13-43-28-23(41)14-44-27(19)28)39-29-15(2)8-20(32)30(40-29)38-22-6-4-16-9-18(10-21(33)26(16)22)17-5-7-24(37-11-17)31(34,35)36/h5,7-11,19,22-23,27-28,41H,3-4,6,12-14H2,1-2H3,(H,38,40)/t19?,22?,23?,27-,28-/m1/s1. The van der Waals surface area contributed by atoms with Crippen LogP contribution >= 0.6 is 11.6 Å². The topological polar surface area (TPSA) is 98.1 Å². The number of anilines is 1. The van der Waals surface area contributed by atoms with Crippen molar-refractivity contribution < 1.29 is 36.9 Å². The SMILES string of the molecule is CCC(=Nc1nc(NC2CCc3cc(-c4ccc(C(F)(F)F)nc4)cc(F)c32)c(Cl)cc1C)OCC1CO[C@@H]2C(O)CO[C@H]12. The number of pyridine rings is 2. The number of nitrogens with zero attached hydrogens (tertiary/aromatic N) is 3. The molecule has 13 heteroatoms. The van der Waals surface area contributed by atoms with Crippen LogP contribution in [0.1, 0.15) is 48.2 Å². The van der Waals surface area contributed by atoms with E-state index < -0.39 is 29.8 Å². The van der Waals surface area contributed by atoms with Crippen LogP contribution < -0.4 is 5.32 Å². The molecule has 2 aliphatic heterocycles. The maximum atomic E-state index is 15.5. The average Bonchev–Trinajstić information content (AvgIpc) is 3.69. The molecule has 0 saturated carbocycles. The highest BCUT2D eigenvalue weighted by Gasteiger charge is 2.47. The molecule has 234 valence electrons. The van der Waals surface area contributed by atoms with Crippen LogP contribution in [-0.2, 0) is 26.8 Å². The Morgan fingerprint density at radius 2 is 1.95 bits per heavy atom. The van der Waals surface area contributed by atoms with Crippen LogP contribution in [0.4, 0.5) is 29.2 Å². The summed E-state index contributed by atoms with van der Waals surface area (Å²) >= 11 is 6.54. The number of aliphatic hydroxyl groups excluding tert-OH is 1. The molecule has 2 aromatic heterocycles. The lowest BCUT2D eigenvalue weighted by molar-refractivity contribution is -0.141. The molecule has 0 amide bonds. The molecule has 44 heavy (non-hydrogen) atoms. The first-order valence-electron chi connectivity index (χ1n) is 14.4. The molecule has 3 aromatic rings. The van der Waals surface area contributed by atoms with E-state index in [2.05, 4.69) is 20.3 Å². The molecule has 2 fully saturated rings. The fourth-order valence-electron chi connectivity index (χ4n) is 5.95. The quantitative estimate of drug-likeness (QED) is 0.172. The monoisotopic (exact) mass is 634 g/mol. The molecule has 3 unspecified atom stereocenters. The first-order chi connectivity index (χ1) is 21.0. The number of fused-ring (bicyclic) bond motifs is 2. The van der Waals surface area contributed by atoms with Gasteiger partial charge in [-0.05, 0) is 54.7 Å². The second-order valence-electron chi connectivity index (χ2n) is 11.2. The zero-order chi connectivity index (χ0) is 31.2. The minimum atomic E-state index is -4.55. The Balaban J connectivity index is 1.18. The number of benzene rings is 1. The molecule has 2 N–H and O–H groups in total. The van der Waals surface area contributed by atoms with Crippen LogP contribution in [0.15, 0.2) is 41.5 Å². The summed E-state index contributed by atoms with van der Waals surface area (Å²) in [7, 11) is 0. The molecule has 8 nitrogen and oxygen atoms in total. The highest BCUT2D eigenvalue weighted by molar-refractivity contribution is 6.33. The minimum Gasteiger partial charge on any atom is -0.480 e. The third-order valence-corrected chi connectivity index (χ3v) is 8.52. The number of aromatic nitrogens is 2. The number of aliphatic imine (C=N–C) groups is 1. The van der Waals surface area contributed by atoms with Crippen LogP contribution in [0.25, 0.3) is 11.1 Å². The van der Waals surface area contributed by atoms with Crippen molar-refractivity contribution in [1.29, 1.82) is 0 Å². The third kappa shape index (κ3) is 6.13. The van der Waals surface area contributed by atoms with Crippen LogP contribution in [0, 0.1) is 18.7 Å². The first-order valence-corrected chi connectivity index (χ1v) is 14.8. The second-order valence-corrected chi connectivity index (χ2v) is 11.7. The highest BCUT2D eigenvalue weighted by Crippen LogP contribution is 2.40. The molecule has 3 aliphatic rings. The van der Waals surface area contributed by atoms with Crippen molar-refractivity contribution in [1.82, 2.24) is 9.97 Å². The number of hydrogen-bond acceptors (Lipinski definition) is 8. The normalized spacial score (nSPS) is 24.8. The van der Waals surface area contributed by atoms with Gasteiger partial charge in [0.05, 0.1) is 37.0 Å². The minimum absolute atomic E-state index is 0.0289. The van der Waals surface area contributed by atoms with Crippen molar-refractivity contribution in [3.05, 3.63) is 69.8 Å². The van der Waals surface area contributed by atoms with Gasteiger partial charge in [-0.25, -0.2) is 9.37 Å². The van der Waals surface area contributed by atoms with Crippen molar-refractivity contribution in [2.45, 2.75) is 63.6 Å². The van der Waals surface area contributed by atoms with Gasteiger partial charge in [-0.15, -0.1) is 0 Å². The Labute approximate surface area is 256 Å². The first kappa shape index (κ1) is 30.7. The largest absolute Gasteiger partial charge is 0.480 e. The molecule has 2 saturated heterocycles. The van der Waals surface area contributed by atoms with Crippen LogP contribution in [0.2, 0.25) is 5.02 Å². The molecule has 1 aliphatic carbocycles. The average molecular weight is 635 g/mol. The Kier molecular flexibility index (Phi) is 8.53. The fourth-order valence-corrected chi connectivity index (χ4v) is 6.21. The zero-order valence-electron chi connectivity index (χ0n) is 24.0. The molecular formula is C31H31ClF4N4O4. The van der Waals surface area contributed by atoms with Gasteiger partial charge in [0.25, 0.3) is 0 Å². The number of rotatable bonds is 7. The molecule has 0 bridgehead atoms. The van der Waals surface area contributed by atoms with E-state index in [1.807, 2.05) is 13.8 Å². The van der Waals surface area contributed by atoms with Gasteiger partial charge >= 0.3 is 6.18 Å². The smallest absolute Gasteiger partial charge is 0.433 e. The van der Waals surface area contributed by atoms with Gasteiger partial charge in [0.2, 0.25) is 0 Å². The lowest BCUT2D eigenvalue weighted by Crippen LogP contribution is -2.31. The number of hydrogen-bond donors (Lipinski definition) is 2. The summed E-state index contributed by atoms with van der Waals surface area (Å²) < 4.78 is 71.6. The Morgan fingerprint density at radius 1 is 1.16 bits per heavy atom. The molecule has 1 aromatic carbocycles. The summed E-state index contributed by atoms with van der Waals surface area (Å²) in [6.07, 6.45) is -2.99. The van der Waals surface area contributed by atoms with Gasteiger partial charge in [-0.1, -0.05) is 30.7 Å². The summed E-state index contributed by atoms with van der Waals surface area (Å²) in [5.74, 6) is 0.718. The van der Waals surface area contributed by atoms with Crippen molar-refractivity contribution in [3.63, 3.8) is 0 Å². The third-order valence-electron chi connectivity index (χ3n) is 8.23. The Hall–Kier alpha value is -3.32. The molecule has 0 spiro atoms. The van der Waals surface area contributed by atoms with Gasteiger partial charge in [0.15, 0.2) is 11.7 Å². The van der Waals surface area contributed by atoms with E-state index in [0.717, 1.165) is 23.4 Å². The Bertz CT molecular complexity index is 1570. The van der Waals surface area contributed by atoms with Gasteiger partial charge in [-0.3, -0.25) is 4.98 Å². The van der Waals surface area contributed by atoms with E-state index in [4.69, 9.17) is 25.8 Å². The fraction of sp³-hybridized carbons (Fsp3) is 0.452. The predicted octanol–water partition coefficient (Wildman–Crippen LogP) is 6.59. The Morgan fingerprint density at radius 3 is 2.68 bits per heavy atom. The van der Waals surface area contributed by atoms with Crippen molar-refractivity contribution in [3.8, 4) is 11.1 Å².